The molecule has 6 nitrogen and oxygen atoms in total. The average molecular weight is 335 g/mol. The topological polar surface area (TPSA) is 68.5 Å². The summed E-state index contributed by atoms with van der Waals surface area (Å²) in [6.45, 7) is 6.88. The van der Waals surface area contributed by atoms with Crippen molar-refractivity contribution >= 4 is 17.4 Å². The molecule has 1 saturated heterocycles. The molecule has 0 bridgehead atoms. The van der Waals surface area contributed by atoms with Crippen LogP contribution in [0, 0.1) is 0 Å². The van der Waals surface area contributed by atoms with Crippen LogP contribution in [-0.2, 0) is 4.74 Å². The molecule has 3 heterocycles. The summed E-state index contributed by atoms with van der Waals surface area (Å²) in [7, 11) is 0. The smallest absolute Gasteiger partial charge is 0.410 e. The Kier molecular flexibility index (Phi) is 4.39. The molecule has 0 aliphatic carbocycles. The fourth-order valence-electron chi connectivity index (χ4n) is 2.58. The van der Waals surface area contributed by atoms with Crippen molar-refractivity contribution in [3.8, 4) is 11.4 Å². The van der Waals surface area contributed by atoms with Crippen molar-refractivity contribution < 1.29 is 14.1 Å². The van der Waals surface area contributed by atoms with E-state index in [0.29, 0.717) is 24.8 Å². The van der Waals surface area contributed by atoms with Crippen LogP contribution in [0.4, 0.5) is 4.79 Å². The minimum absolute atomic E-state index is 0.0659. The van der Waals surface area contributed by atoms with E-state index in [0.717, 1.165) is 18.4 Å². The van der Waals surface area contributed by atoms with E-state index in [-0.39, 0.29) is 12.0 Å². The van der Waals surface area contributed by atoms with E-state index in [2.05, 4.69) is 10.1 Å². The van der Waals surface area contributed by atoms with Crippen molar-refractivity contribution in [2.75, 3.05) is 13.1 Å². The molecule has 2 aromatic heterocycles. The fourth-order valence-corrected chi connectivity index (χ4v) is 3.22. The van der Waals surface area contributed by atoms with Gasteiger partial charge in [0.2, 0.25) is 11.7 Å². The lowest BCUT2D eigenvalue weighted by atomic mass is 9.98. The molecule has 7 heteroatoms. The lowest BCUT2D eigenvalue weighted by Gasteiger charge is -2.32. The van der Waals surface area contributed by atoms with Gasteiger partial charge in [0.15, 0.2) is 0 Å². The molecule has 3 rings (SSSR count). The van der Waals surface area contributed by atoms with Crippen LogP contribution in [-0.4, -0.2) is 39.8 Å². The summed E-state index contributed by atoms with van der Waals surface area (Å²) in [5.74, 6) is 1.27. The molecule has 2 aromatic rings. The maximum absolute atomic E-state index is 12.2. The molecule has 0 N–H and O–H groups in total. The van der Waals surface area contributed by atoms with E-state index < -0.39 is 5.60 Å². The van der Waals surface area contributed by atoms with Crippen LogP contribution in [0.3, 0.4) is 0 Å². The predicted octanol–water partition coefficient (Wildman–Crippen LogP) is 3.91. The van der Waals surface area contributed by atoms with E-state index in [9.17, 15) is 4.79 Å². The van der Waals surface area contributed by atoms with Crippen molar-refractivity contribution in [2.24, 2.45) is 0 Å². The molecule has 0 aromatic carbocycles. The lowest BCUT2D eigenvalue weighted by molar-refractivity contribution is 0.0189. The average Bonchev–Trinajstić information content (AvgIpc) is 3.17. The molecule has 23 heavy (non-hydrogen) atoms. The summed E-state index contributed by atoms with van der Waals surface area (Å²) in [6.07, 6.45) is 1.56. The minimum Gasteiger partial charge on any atom is -0.444 e. The van der Waals surface area contributed by atoms with Gasteiger partial charge in [-0.2, -0.15) is 16.3 Å². The summed E-state index contributed by atoms with van der Waals surface area (Å²) in [5.41, 5.74) is 0.477. The molecule has 0 saturated carbocycles. The number of rotatable bonds is 2. The van der Waals surface area contributed by atoms with Crippen LogP contribution >= 0.6 is 11.3 Å². The van der Waals surface area contributed by atoms with E-state index in [1.807, 2.05) is 37.6 Å². The second-order valence-corrected chi connectivity index (χ2v) is 7.51. The quantitative estimate of drug-likeness (QED) is 0.832. The highest BCUT2D eigenvalue weighted by atomic mass is 32.1. The Hall–Kier alpha value is -1.89. The van der Waals surface area contributed by atoms with Gasteiger partial charge in [0, 0.05) is 24.0 Å². The van der Waals surface area contributed by atoms with Crippen LogP contribution < -0.4 is 0 Å². The van der Waals surface area contributed by atoms with Gasteiger partial charge in [0.25, 0.3) is 0 Å². The first-order chi connectivity index (χ1) is 10.9. The highest BCUT2D eigenvalue weighted by Gasteiger charge is 2.31. The standard InChI is InChI=1S/C16H21N3O3S/c1-16(2,3)21-15(20)19-7-4-5-11(9-19)14-17-13(18-22-14)12-6-8-23-10-12/h6,8,10-11H,4-5,7,9H2,1-3H3. The first kappa shape index (κ1) is 16.0. The predicted molar refractivity (Wildman–Crippen MR) is 87.4 cm³/mol. The van der Waals surface area contributed by atoms with Crippen molar-refractivity contribution in [3.63, 3.8) is 0 Å². The number of aromatic nitrogens is 2. The third-order valence-corrected chi connectivity index (χ3v) is 4.33. The monoisotopic (exact) mass is 335 g/mol. The molecule has 1 atom stereocenters. The van der Waals surface area contributed by atoms with Crippen LogP contribution in [0.5, 0.6) is 0 Å². The molecule has 124 valence electrons. The normalized spacial score (nSPS) is 18.9. The number of ether oxygens (including phenoxy) is 1. The number of nitrogens with zero attached hydrogens (tertiary/aromatic N) is 3. The van der Waals surface area contributed by atoms with Gasteiger partial charge >= 0.3 is 6.09 Å². The van der Waals surface area contributed by atoms with Gasteiger partial charge in [-0.05, 0) is 45.1 Å². The zero-order chi connectivity index (χ0) is 16.4. The number of thiophene rings is 1. The highest BCUT2D eigenvalue weighted by Crippen LogP contribution is 2.28. The minimum atomic E-state index is -0.485. The maximum Gasteiger partial charge on any atom is 0.410 e. The molecule has 0 spiro atoms. The van der Waals surface area contributed by atoms with Gasteiger partial charge in [0.05, 0.1) is 5.92 Å². The molecule has 1 aliphatic rings. The number of carbonyl (C=O) groups is 1. The van der Waals surface area contributed by atoms with Gasteiger partial charge in [-0.3, -0.25) is 0 Å². The summed E-state index contributed by atoms with van der Waals surface area (Å²) >= 11 is 1.60. The van der Waals surface area contributed by atoms with Crippen molar-refractivity contribution in [3.05, 3.63) is 22.7 Å². The highest BCUT2D eigenvalue weighted by molar-refractivity contribution is 7.08. The Morgan fingerprint density at radius 2 is 2.30 bits per heavy atom. The third-order valence-electron chi connectivity index (χ3n) is 3.64. The number of carbonyl (C=O) groups excluding carboxylic acids is 1. The van der Waals surface area contributed by atoms with Gasteiger partial charge < -0.3 is 14.2 Å². The molecule has 1 amide bonds. The van der Waals surface area contributed by atoms with Crippen molar-refractivity contribution in [1.82, 2.24) is 15.0 Å². The number of likely N-dealkylation sites (tertiary alicyclic amines) is 1. The van der Waals surface area contributed by atoms with Crippen molar-refractivity contribution in [1.29, 1.82) is 0 Å². The van der Waals surface area contributed by atoms with E-state index in [1.54, 1.807) is 16.2 Å². The Labute approximate surface area is 139 Å². The number of hydrogen-bond acceptors (Lipinski definition) is 6. The van der Waals surface area contributed by atoms with Crippen LogP contribution in [0.1, 0.15) is 45.4 Å². The Morgan fingerprint density at radius 3 is 3.00 bits per heavy atom. The summed E-state index contributed by atoms with van der Waals surface area (Å²) in [6, 6.07) is 1.97. The van der Waals surface area contributed by atoms with E-state index in [4.69, 9.17) is 9.26 Å². The van der Waals surface area contributed by atoms with Crippen LogP contribution in [0.2, 0.25) is 0 Å². The Bertz CT molecular complexity index is 660. The molecule has 1 fully saturated rings. The summed E-state index contributed by atoms with van der Waals surface area (Å²) in [4.78, 5) is 18.4. The second kappa shape index (κ2) is 6.31. The molecular weight excluding hydrogens is 314 g/mol. The Balaban J connectivity index is 1.68. The number of amides is 1. The van der Waals surface area contributed by atoms with E-state index >= 15 is 0 Å². The largest absolute Gasteiger partial charge is 0.444 e. The molecule has 1 aliphatic heterocycles. The van der Waals surface area contributed by atoms with Crippen molar-refractivity contribution in [2.45, 2.75) is 45.1 Å². The summed E-state index contributed by atoms with van der Waals surface area (Å²) < 4.78 is 10.9. The number of hydrogen-bond donors (Lipinski definition) is 0. The Morgan fingerprint density at radius 1 is 1.48 bits per heavy atom. The van der Waals surface area contributed by atoms with Gasteiger partial charge in [-0.15, -0.1) is 0 Å². The number of piperidine rings is 1. The zero-order valence-corrected chi connectivity index (χ0v) is 14.4. The first-order valence-electron chi connectivity index (χ1n) is 7.76. The first-order valence-corrected chi connectivity index (χ1v) is 8.71. The molecular formula is C16H21N3O3S. The third kappa shape index (κ3) is 3.90. The SMILES string of the molecule is CC(C)(C)OC(=O)N1CCCC(c2nc(-c3ccsc3)no2)C1. The fraction of sp³-hybridized carbons (Fsp3) is 0.562. The van der Waals surface area contributed by atoms with Gasteiger partial charge in [-0.25, -0.2) is 4.79 Å². The van der Waals surface area contributed by atoms with Gasteiger partial charge in [0.1, 0.15) is 5.60 Å². The van der Waals surface area contributed by atoms with Gasteiger partial charge in [-0.1, -0.05) is 5.16 Å². The lowest BCUT2D eigenvalue weighted by Crippen LogP contribution is -2.42. The van der Waals surface area contributed by atoms with Crippen LogP contribution in [0.15, 0.2) is 21.3 Å². The zero-order valence-electron chi connectivity index (χ0n) is 13.6. The molecule has 0 radical (unpaired) electrons. The molecule has 1 unspecified atom stereocenters. The van der Waals surface area contributed by atoms with Crippen LogP contribution in [0.25, 0.3) is 11.4 Å². The summed E-state index contributed by atoms with van der Waals surface area (Å²) in [5, 5.41) is 8.02. The maximum atomic E-state index is 12.2. The van der Waals surface area contributed by atoms with E-state index in [1.165, 1.54) is 0 Å². The second-order valence-electron chi connectivity index (χ2n) is 6.73.